The Kier molecular flexibility index (Phi) is 21.0. The van der Waals surface area contributed by atoms with Crippen molar-refractivity contribution in [3.05, 3.63) is 464 Å². The maximum atomic E-state index is 6.83. The van der Waals surface area contributed by atoms with Gasteiger partial charge in [0.05, 0.1) is 16.7 Å². The molecule has 6 aromatic heterocycles. The number of hydrogen-bond acceptors (Lipinski definition) is 12. The molecular formula is C137H99N9O3. The average molecular weight is 1920 g/mol. The third-order valence-electron chi connectivity index (χ3n) is 32.0. The number of rotatable bonds is 12. The van der Waals surface area contributed by atoms with Crippen molar-refractivity contribution in [1.29, 1.82) is 0 Å². The minimum atomic E-state index is -0.152. The molecule has 20 aromatic carbocycles. The van der Waals surface area contributed by atoms with Crippen LogP contribution in [0.15, 0.2) is 444 Å². The van der Waals surface area contributed by atoms with E-state index in [0.29, 0.717) is 58.3 Å². The Morgan fingerprint density at radius 3 is 1.01 bits per heavy atom. The van der Waals surface area contributed by atoms with Gasteiger partial charge in [0, 0.05) is 81.9 Å². The molecule has 0 fully saturated rings. The summed E-state index contributed by atoms with van der Waals surface area (Å²) in [6.45, 7) is 21.1. The van der Waals surface area contributed by atoms with E-state index in [1.54, 1.807) is 0 Å². The molecule has 0 bridgehead atoms. The Bertz CT molecular complexity index is 9850. The molecule has 26 aromatic rings. The van der Waals surface area contributed by atoms with Crippen LogP contribution in [-0.2, 0) is 16.2 Å². The Morgan fingerprint density at radius 1 is 0.208 bits per heavy atom. The number of nitrogens with zero attached hydrogens (tertiary/aromatic N) is 9. The fourth-order valence-electron chi connectivity index (χ4n) is 23.8. The second kappa shape index (κ2) is 35.0. The molecule has 2 unspecified atom stereocenters. The van der Waals surface area contributed by atoms with Gasteiger partial charge in [-0.2, -0.15) is 0 Å². The van der Waals surface area contributed by atoms with E-state index >= 15 is 0 Å². The molecule has 0 N–H and O–H groups in total. The van der Waals surface area contributed by atoms with Gasteiger partial charge in [-0.05, 0) is 187 Å². The second-order valence-corrected chi connectivity index (χ2v) is 41.7. The lowest BCUT2D eigenvalue weighted by Crippen LogP contribution is -2.36. The highest BCUT2D eigenvalue weighted by molar-refractivity contribution is 6.21. The number of fused-ring (bicyclic) bond motifs is 25. The highest BCUT2D eigenvalue weighted by Gasteiger charge is 2.49. The molecule has 2 atom stereocenters. The van der Waals surface area contributed by atoms with Crippen molar-refractivity contribution in [2.24, 2.45) is 11.3 Å². The lowest BCUT2D eigenvalue weighted by atomic mass is 9.62. The highest BCUT2D eigenvalue weighted by Crippen LogP contribution is 2.62. The molecule has 12 heteroatoms. The zero-order valence-corrected chi connectivity index (χ0v) is 83.8. The summed E-state index contributed by atoms with van der Waals surface area (Å²) < 4.78 is 20.4. The van der Waals surface area contributed by atoms with E-state index in [2.05, 4.69) is 432 Å². The maximum absolute atomic E-state index is 6.83. The van der Waals surface area contributed by atoms with E-state index in [1.165, 1.54) is 77.5 Å². The standard InChI is InChI=1S/C48H33N3O.C46H33N3O.C43H33N3O/c1-48(2)39-25-10-9-22-36(39)42-40(48)26-27-41-43(42)37-23-13-24-38(44(37)52-41)47-50-45(34-20-11-18-32(28-34)30-14-5-3-6-15-30)49-46(51-47)35-21-12-19-33(29-35)31-16-7-4-8-17-31;1-27(2)46(3)37-23-12-11-20-33(37)40-38(46)24-25-39-41(40)34-21-13-22-35(42(34)50-39)44-47-43(28-14-5-4-6-15-28)48-45(49-44)36-26-29-16-7-8-17-30(29)31-18-9-10-19-32(31)36;1-42(2,3)43(4)33-23-11-10-19-30(33)36-34(43)24-25-35-37(36)31-21-13-22-32(38(31)47-35)41-45-39(27-15-6-5-7-16-27)44-40(46-41)29-20-12-17-26-14-8-9-18-28(26)29/h3-29H,1-2H3;4-27H,1-3H3;5-25H,1-4H3. The summed E-state index contributed by atoms with van der Waals surface area (Å²) in [5.41, 5.74) is 32.9. The van der Waals surface area contributed by atoms with E-state index < -0.39 is 0 Å². The molecule has 149 heavy (non-hydrogen) atoms. The molecule has 0 aliphatic heterocycles. The molecule has 0 saturated heterocycles. The smallest absolute Gasteiger partial charge is 0.167 e. The van der Waals surface area contributed by atoms with Gasteiger partial charge in [0.2, 0.25) is 0 Å². The minimum absolute atomic E-state index is 0.00343. The minimum Gasteiger partial charge on any atom is -0.455 e. The van der Waals surface area contributed by atoms with Gasteiger partial charge in [-0.25, -0.2) is 44.9 Å². The highest BCUT2D eigenvalue weighted by atomic mass is 16.3. The summed E-state index contributed by atoms with van der Waals surface area (Å²) in [5.74, 6) is 5.88. The summed E-state index contributed by atoms with van der Waals surface area (Å²) in [6.07, 6.45) is 0. The Labute approximate surface area is 862 Å². The van der Waals surface area contributed by atoms with Crippen molar-refractivity contribution >= 4 is 98.1 Å². The molecule has 3 aliphatic rings. The molecule has 0 amide bonds. The predicted molar refractivity (Wildman–Crippen MR) is 609 cm³/mol. The zero-order chi connectivity index (χ0) is 100. The van der Waals surface area contributed by atoms with E-state index in [-0.39, 0.29) is 21.7 Å². The molecule has 29 rings (SSSR count). The van der Waals surface area contributed by atoms with E-state index in [0.717, 1.165) is 160 Å². The third kappa shape index (κ3) is 14.5. The van der Waals surface area contributed by atoms with Gasteiger partial charge in [-0.3, -0.25) is 0 Å². The van der Waals surface area contributed by atoms with Crippen LogP contribution in [0.25, 0.3) is 256 Å². The number of benzene rings is 20. The lowest BCUT2D eigenvalue weighted by molar-refractivity contribution is 0.255. The second-order valence-electron chi connectivity index (χ2n) is 41.7. The van der Waals surface area contributed by atoms with Gasteiger partial charge in [-0.1, -0.05) is 438 Å². The van der Waals surface area contributed by atoms with Crippen LogP contribution in [0.2, 0.25) is 0 Å². The van der Waals surface area contributed by atoms with Crippen molar-refractivity contribution < 1.29 is 13.3 Å². The quantitative estimate of drug-likeness (QED) is 0.107. The normalized spacial score (nSPS) is 14.6. The van der Waals surface area contributed by atoms with Crippen LogP contribution in [0.5, 0.6) is 0 Å². The monoisotopic (exact) mass is 1920 g/mol. The topological polar surface area (TPSA) is 155 Å². The average Bonchev–Trinajstić information content (AvgIpc) is 2.46. The fourth-order valence-corrected chi connectivity index (χ4v) is 23.8. The number of aromatic nitrogens is 9. The van der Waals surface area contributed by atoms with Crippen LogP contribution in [-0.4, -0.2) is 44.9 Å². The van der Waals surface area contributed by atoms with Crippen LogP contribution < -0.4 is 0 Å². The van der Waals surface area contributed by atoms with Crippen LogP contribution in [0.3, 0.4) is 0 Å². The van der Waals surface area contributed by atoms with Gasteiger partial charge in [0.25, 0.3) is 0 Å². The summed E-state index contributed by atoms with van der Waals surface area (Å²) >= 11 is 0. The van der Waals surface area contributed by atoms with Crippen molar-refractivity contribution in [2.75, 3.05) is 0 Å². The van der Waals surface area contributed by atoms with Crippen molar-refractivity contribution in [3.63, 3.8) is 0 Å². The van der Waals surface area contributed by atoms with E-state index in [9.17, 15) is 0 Å². The first-order valence-electron chi connectivity index (χ1n) is 51.2. The van der Waals surface area contributed by atoms with Crippen LogP contribution in [0.4, 0.5) is 0 Å². The van der Waals surface area contributed by atoms with Gasteiger partial charge in [0.15, 0.2) is 52.4 Å². The molecule has 6 heterocycles. The largest absolute Gasteiger partial charge is 0.455 e. The van der Waals surface area contributed by atoms with Crippen molar-refractivity contribution in [3.8, 4) is 158 Å². The van der Waals surface area contributed by atoms with E-state index in [1.807, 2.05) is 60.7 Å². The van der Waals surface area contributed by atoms with E-state index in [4.69, 9.17) is 58.1 Å². The lowest BCUT2D eigenvalue weighted by Gasteiger charge is -2.41. The third-order valence-corrected chi connectivity index (χ3v) is 32.0. The molecule has 3 aliphatic carbocycles. The van der Waals surface area contributed by atoms with Crippen molar-refractivity contribution in [1.82, 2.24) is 44.9 Å². The summed E-state index contributed by atoms with van der Waals surface area (Å²) in [7, 11) is 0. The first kappa shape index (κ1) is 89.5. The molecule has 0 spiro atoms. The molecule has 710 valence electrons. The summed E-state index contributed by atoms with van der Waals surface area (Å²) in [6, 6.07) is 150. The fraction of sp³-hybridized carbons (Fsp3) is 0.102. The first-order chi connectivity index (χ1) is 72.9. The van der Waals surface area contributed by atoms with Gasteiger partial charge in [0.1, 0.15) is 33.5 Å². The molecular weight excluding hydrogens is 1820 g/mol. The molecule has 0 radical (unpaired) electrons. The zero-order valence-electron chi connectivity index (χ0n) is 83.8. The van der Waals surface area contributed by atoms with Crippen molar-refractivity contribution in [2.45, 2.75) is 78.6 Å². The molecule has 12 nitrogen and oxygen atoms in total. The summed E-state index contributed by atoms with van der Waals surface area (Å²) in [4.78, 5) is 46.3. The number of furan rings is 3. The van der Waals surface area contributed by atoms with Crippen LogP contribution in [0.1, 0.15) is 95.7 Å². The van der Waals surface area contributed by atoms with Crippen LogP contribution in [0, 0.1) is 11.3 Å². The SMILES string of the molecule is CC(C)(C)C1(C)c2ccccc2-c2c1ccc1oc3c(-c4nc(-c5ccccc5)nc(-c5cccc6ccccc56)n4)cccc3c21.CC(C)C1(C)c2ccccc2-c2c1ccc1oc3c(-c4nc(-c5ccccc5)nc(-c5cc6ccccc6c6ccccc56)n4)cccc3c21.CC1(C)c2ccccc2-c2c1ccc1oc3c(-c4nc(-c5cccc(-c6ccccc6)c5)nc(-c5cccc(-c6ccccc6)c5)n4)cccc3c21. The first-order valence-corrected chi connectivity index (χ1v) is 51.2. The van der Waals surface area contributed by atoms with Crippen LogP contribution >= 0.6 is 0 Å². The number of para-hydroxylation sites is 3. The van der Waals surface area contributed by atoms with Gasteiger partial charge >= 0.3 is 0 Å². The Hall–Kier alpha value is -18.4. The maximum Gasteiger partial charge on any atom is 0.167 e. The Balaban J connectivity index is 0.000000110. The summed E-state index contributed by atoms with van der Waals surface area (Å²) in [5, 5.41) is 13.5. The number of hydrogen-bond donors (Lipinski definition) is 0. The Morgan fingerprint density at radius 2 is 0.517 bits per heavy atom. The van der Waals surface area contributed by atoms with Gasteiger partial charge < -0.3 is 13.3 Å². The predicted octanol–water partition coefficient (Wildman–Crippen LogP) is 35.7. The van der Waals surface area contributed by atoms with Gasteiger partial charge in [-0.15, -0.1) is 0 Å². The molecule has 0 saturated carbocycles.